The first-order valence-corrected chi connectivity index (χ1v) is 5.44. The summed E-state index contributed by atoms with van der Waals surface area (Å²) in [4.78, 5) is 3.64. The van der Waals surface area contributed by atoms with Crippen molar-refractivity contribution in [1.29, 1.82) is 0 Å². The summed E-state index contributed by atoms with van der Waals surface area (Å²) in [7, 11) is 0. The molecule has 0 aliphatic rings. The fraction of sp³-hybridized carbons (Fsp3) is 0.286. The average Bonchev–Trinajstić information content (AvgIpc) is 2.07. The molecular formula is C7H4BrF3IN. The van der Waals surface area contributed by atoms with Gasteiger partial charge in [-0.1, -0.05) is 15.9 Å². The molecule has 0 fully saturated rings. The van der Waals surface area contributed by atoms with Crippen LogP contribution in [0, 0.1) is 9.52 Å². The van der Waals surface area contributed by atoms with E-state index in [9.17, 15) is 13.2 Å². The van der Waals surface area contributed by atoms with E-state index in [4.69, 9.17) is 0 Å². The average molecular weight is 366 g/mol. The van der Waals surface area contributed by atoms with Crippen LogP contribution in [0.1, 0.15) is 17.6 Å². The summed E-state index contributed by atoms with van der Waals surface area (Å²) in [6.07, 6.45) is -1.99. The number of alkyl halides is 3. The van der Waals surface area contributed by atoms with Crippen molar-refractivity contribution in [2.45, 2.75) is 11.8 Å². The first kappa shape index (κ1) is 11.2. The highest BCUT2D eigenvalue weighted by atomic mass is 127. The molecule has 1 aromatic heterocycles. The smallest absolute Gasteiger partial charge is 0.247 e. The van der Waals surface area contributed by atoms with Crippen molar-refractivity contribution in [3.8, 4) is 0 Å². The highest BCUT2D eigenvalue weighted by molar-refractivity contribution is 14.1. The molecule has 0 radical (unpaired) electrons. The van der Waals surface area contributed by atoms with Gasteiger partial charge < -0.3 is 0 Å². The van der Waals surface area contributed by atoms with Crippen LogP contribution >= 0.6 is 38.5 Å². The van der Waals surface area contributed by atoms with Crippen molar-refractivity contribution in [1.82, 2.24) is 4.98 Å². The lowest BCUT2D eigenvalue weighted by atomic mass is 10.1. The molecule has 0 aliphatic carbocycles. The molecule has 6 heteroatoms. The molecule has 0 amide bonds. The van der Waals surface area contributed by atoms with Crippen LogP contribution in [0.3, 0.4) is 0 Å². The molecule has 1 heterocycles. The maximum Gasteiger partial charge on any atom is 0.267 e. The lowest BCUT2D eigenvalue weighted by molar-refractivity contribution is 0.145. The summed E-state index contributed by atoms with van der Waals surface area (Å²) in [6.45, 7) is 0. The van der Waals surface area contributed by atoms with Crippen molar-refractivity contribution in [3.05, 3.63) is 26.8 Å². The molecule has 0 N–H and O–H groups in total. The molecule has 1 rings (SSSR count). The van der Waals surface area contributed by atoms with Crippen LogP contribution < -0.4 is 0 Å². The molecule has 0 aliphatic heterocycles. The van der Waals surface area contributed by atoms with Gasteiger partial charge in [0.1, 0.15) is 3.70 Å². The van der Waals surface area contributed by atoms with Crippen LogP contribution in [0.2, 0.25) is 0 Å². The standard InChI is InChI=1S/C7H4BrF3IN/c8-1-3-5(6(10)11)4(9)2-13-7(3)12/h2,6H,1H2. The minimum Gasteiger partial charge on any atom is -0.247 e. The molecule has 0 saturated heterocycles. The number of rotatable bonds is 2. The second-order valence-electron chi connectivity index (χ2n) is 2.22. The van der Waals surface area contributed by atoms with E-state index in [1.807, 2.05) is 0 Å². The van der Waals surface area contributed by atoms with Gasteiger partial charge in [-0.3, -0.25) is 0 Å². The highest BCUT2D eigenvalue weighted by Gasteiger charge is 2.20. The lowest BCUT2D eigenvalue weighted by Crippen LogP contribution is -2.02. The fourth-order valence-corrected chi connectivity index (χ4v) is 2.59. The van der Waals surface area contributed by atoms with E-state index in [1.54, 1.807) is 22.6 Å². The number of aromatic nitrogens is 1. The van der Waals surface area contributed by atoms with Gasteiger partial charge in [0, 0.05) is 10.9 Å². The Balaban J connectivity index is 3.35. The largest absolute Gasteiger partial charge is 0.267 e. The number of halogens is 5. The molecule has 72 valence electrons. The van der Waals surface area contributed by atoms with Crippen molar-refractivity contribution >= 4 is 38.5 Å². The minimum atomic E-state index is -2.80. The predicted octanol–water partition coefficient (Wildman–Crippen LogP) is 3.66. The Hall–Kier alpha value is 0.150. The fourth-order valence-electron chi connectivity index (χ4n) is 0.879. The Bertz CT molecular complexity index is 319. The Labute approximate surface area is 95.0 Å². The van der Waals surface area contributed by atoms with E-state index in [0.717, 1.165) is 6.20 Å². The molecule has 0 bridgehead atoms. The van der Waals surface area contributed by atoms with E-state index in [-0.39, 0.29) is 10.9 Å². The second kappa shape index (κ2) is 4.59. The van der Waals surface area contributed by atoms with Gasteiger partial charge in [0.25, 0.3) is 6.43 Å². The molecule has 0 saturated carbocycles. The third-order valence-electron chi connectivity index (χ3n) is 1.47. The molecule has 1 nitrogen and oxygen atoms in total. The highest BCUT2D eigenvalue weighted by Crippen LogP contribution is 2.29. The molecule has 13 heavy (non-hydrogen) atoms. The van der Waals surface area contributed by atoms with E-state index in [2.05, 4.69) is 20.9 Å². The Kier molecular flexibility index (Phi) is 3.96. The van der Waals surface area contributed by atoms with Gasteiger partial charge in [0.15, 0.2) is 5.82 Å². The third-order valence-corrected chi connectivity index (χ3v) is 2.96. The van der Waals surface area contributed by atoms with Crippen molar-refractivity contribution in [2.24, 2.45) is 0 Å². The Morgan fingerprint density at radius 1 is 1.54 bits per heavy atom. The number of pyridine rings is 1. The first-order chi connectivity index (χ1) is 6.07. The molecule has 0 aromatic carbocycles. The van der Waals surface area contributed by atoms with Gasteiger partial charge in [-0.15, -0.1) is 0 Å². The monoisotopic (exact) mass is 365 g/mol. The van der Waals surface area contributed by atoms with Crippen molar-refractivity contribution in [3.63, 3.8) is 0 Å². The van der Waals surface area contributed by atoms with Crippen LogP contribution in [0.4, 0.5) is 13.2 Å². The van der Waals surface area contributed by atoms with Crippen LogP contribution in [-0.2, 0) is 5.33 Å². The van der Waals surface area contributed by atoms with Gasteiger partial charge in [0.05, 0.1) is 11.8 Å². The third kappa shape index (κ3) is 2.34. The molecule has 1 aromatic rings. The molecule has 0 atom stereocenters. The van der Waals surface area contributed by atoms with Crippen LogP contribution in [0.5, 0.6) is 0 Å². The van der Waals surface area contributed by atoms with Crippen molar-refractivity contribution in [2.75, 3.05) is 0 Å². The second-order valence-corrected chi connectivity index (χ2v) is 3.81. The van der Waals surface area contributed by atoms with E-state index in [0.29, 0.717) is 3.70 Å². The molecule has 0 spiro atoms. The van der Waals surface area contributed by atoms with Crippen LogP contribution in [0.15, 0.2) is 6.20 Å². The normalized spacial score (nSPS) is 10.9. The summed E-state index contributed by atoms with van der Waals surface area (Å²) < 4.78 is 38.0. The van der Waals surface area contributed by atoms with Gasteiger partial charge >= 0.3 is 0 Å². The first-order valence-electron chi connectivity index (χ1n) is 3.24. The summed E-state index contributed by atoms with van der Waals surface area (Å²) >= 11 is 4.81. The summed E-state index contributed by atoms with van der Waals surface area (Å²) in [5.41, 5.74) is -0.341. The minimum absolute atomic E-state index is 0.176. The number of hydrogen-bond acceptors (Lipinski definition) is 1. The summed E-state index contributed by atoms with van der Waals surface area (Å²) in [6, 6.07) is 0. The SMILES string of the molecule is Fc1cnc(I)c(CBr)c1C(F)F. The zero-order valence-electron chi connectivity index (χ0n) is 6.20. The zero-order chi connectivity index (χ0) is 10.0. The van der Waals surface area contributed by atoms with Gasteiger partial charge in [-0.2, -0.15) is 0 Å². The molecular weight excluding hydrogens is 362 g/mol. The summed E-state index contributed by atoms with van der Waals surface area (Å²) in [5, 5.41) is 0.176. The predicted molar refractivity (Wildman–Crippen MR) is 54.5 cm³/mol. The lowest BCUT2D eigenvalue weighted by Gasteiger charge is -2.08. The van der Waals surface area contributed by atoms with Crippen LogP contribution in [0.25, 0.3) is 0 Å². The maximum absolute atomic E-state index is 12.9. The van der Waals surface area contributed by atoms with E-state index < -0.39 is 17.8 Å². The number of nitrogens with zero attached hydrogens (tertiary/aromatic N) is 1. The Morgan fingerprint density at radius 3 is 2.54 bits per heavy atom. The van der Waals surface area contributed by atoms with E-state index in [1.165, 1.54) is 0 Å². The zero-order valence-corrected chi connectivity index (χ0v) is 9.94. The van der Waals surface area contributed by atoms with Gasteiger partial charge in [-0.05, 0) is 22.6 Å². The topological polar surface area (TPSA) is 12.9 Å². The number of hydrogen-bond donors (Lipinski definition) is 0. The Morgan fingerprint density at radius 2 is 2.15 bits per heavy atom. The maximum atomic E-state index is 12.9. The quantitative estimate of drug-likeness (QED) is 0.443. The van der Waals surface area contributed by atoms with Gasteiger partial charge in [-0.25, -0.2) is 18.2 Å². The molecule has 0 unspecified atom stereocenters. The summed E-state index contributed by atoms with van der Waals surface area (Å²) in [5.74, 6) is -0.954. The van der Waals surface area contributed by atoms with Gasteiger partial charge in [0.2, 0.25) is 0 Å². The van der Waals surface area contributed by atoms with E-state index >= 15 is 0 Å². The van der Waals surface area contributed by atoms with Crippen molar-refractivity contribution < 1.29 is 13.2 Å². The van der Waals surface area contributed by atoms with Crippen LogP contribution in [-0.4, -0.2) is 4.98 Å².